The number of ether oxygens (including phenoxy) is 2. The molecule has 2 heterocycles. The zero-order valence-corrected chi connectivity index (χ0v) is 21.0. The van der Waals surface area contributed by atoms with E-state index < -0.39 is 11.7 Å². The van der Waals surface area contributed by atoms with Gasteiger partial charge in [-0.05, 0) is 65.0 Å². The maximum Gasteiger partial charge on any atom is 0.416 e. The van der Waals surface area contributed by atoms with Gasteiger partial charge in [0.15, 0.2) is 0 Å². The zero-order chi connectivity index (χ0) is 24.7. The van der Waals surface area contributed by atoms with Gasteiger partial charge in [-0.2, -0.15) is 0 Å². The zero-order valence-electron chi connectivity index (χ0n) is 21.0. The Labute approximate surface area is 203 Å². The number of nitrogens with zero attached hydrogens (tertiary/aromatic N) is 3. The van der Waals surface area contributed by atoms with Gasteiger partial charge in [0.25, 0.3) is 0 Å². The molecule has 3 rings (SSSR count). The van der Waals surface area contributed by atoms with Crippen LogP contribution in [0.4, 0.5) is 15.4 Å². The highest BCUT2D eigenvalue weighted by Gasteiger charge is 2.35. The van der Waals surface area contributed by atoms with Crippen LogP contribution in [-0.4, -0.2) is 40.3 Å². The van der Waals surface area contributed by atoms with Crippen molar-refractivity contribution in [3.63, 3.8) is 0 Å². The van der Waals surface area contributed by atoms with E-state index in [1.807, 2.05) is 77.1 Å². The Bertz CT molecular complexity index is 958. The molecule has 2 aromatic rings. The van der Waals surface area contributed by atoms with E-state index in [-0.39, 0.29) is 24.8 Å². The molecule has 1 aromatic heterocycles. The second-order valence-corrected chi connectivity index (χ2v) is 9.77. The van der Waals surface area contributed by atoms with Crippen molar-refractivity contribution in [2.45, 2.75) is 84.6 Å². The van der Waals surface area contributed by atoms with Gasteiger partial charge in [0, 0.05) is 24.3 Å². The van der Waals surface area contributed by atoms with E-state index in [0.29, 0.717) is 12.4 Å². The molecule has 1 aliphatic rings. The monoisotopic (exact) mass is 467 g/mol. The van der Waals surface area contributed by atoms with Crippen LogP contribution in [0.1, 0.15) is 77.5 Å². The largest absolute Gasteiger partial charge is 0.445 e. The van der Waals surface area contributed by atoms with Crippen LogP contribution in [0, 0.1) is 0 Å². The summed E-state index contributed by atoms with van der Waals surface area (Å²) in [6, 6.07) is 13.1. The van der Waals surface area contributed by atoms with Gasteiger partial charge in [0.1, 0.15) is 18.0 Å². The molecule has 184 valence electrons. The molecule has 0 bridgehead atoms. The summed E-state index contributed by atoms with van der Waals surface area (Å²) in [5, 5.41) is 0. The first-order chi connectivity index (χ1) is 16.2. The molecule has 0 N–H and O–H groups in total. The highest BCUT2D eigenvalue weighted by Crippen LogP contribution is 2.37. The number of likely N-dealkylation sites (tertiary alicyclic amines) is 1. The molecule has 1 fully saturated rings. The van der Waals surface area contributed by atoms with Crippen LogP contribution in [0.3, 0.4) is 0 Å². The third-order valence-corrected chi connectivity index (χ3v) is 5.97. The minimum Gasteiger partial charge on any atom is -0.445 e. The molecule has 2 atom stereocenters. The molecule has 7 heteroatoms. The third kappa shape index (κ3) is 6.49. The standard InChI is InChI=1S/C27H37N3O4/c1-6-20(2)30(26(32)34-27(3,4)5)24-22(15-12-17-28-24)23-16-10-11-18-29(23)25(31)33-19-21-13-8-7-9-14-21/h7-9,12-15,17,20,23H,6,10-11,16,18-19H2,1-5H3/t20-,23+/m1/s1. The lowest BCUT2D eigenvalue weighted by molar-refractivity contribution is 0.0564. The fourth-order valence-corrected chi connectivity index (χ4v) is 4.12. The molecule has 0 aliphatic carbocycles. The van der Waals surface area contributed by atoms with Crippen molar-refractivity contribution in [3.8, 4) is 0 Å². The molecular weight excluding hydrogens is 430 g/mol. The van der Waals surface area contributed by atoms with Crippen molar-refractivity contribution in [1.29, 1.82) is 0 Å². The van der Waals surface area contributed by atoms with Crippen LogP contribution in [-0.2, 0) is 16.1 Å². The van der Waals surface area contributed by atoms with Gasteiger partial charge in [-0.15, -0.1) is 0 Å². The number of rotatable bonds is 6. The molecule has 0 unspecified atom stereocenters. The number of aromatic nitrogens is 1. The van der Waals surface area contributed by atoms with Gasteiger partial charge in [-0.25, -0.2) is 14.6 Å². The van der Waals surface area contributed by atoms with E-state index in [1.54, 1.807) is 16.0 Å². The number of amides is 2. The van der Waals surface area contributed by atoms with Crippen molar-refractivity contribution in [2.75, 3.05) is 11.4 Å². The van der Waals surface area contributed by atoms with Gasteiger partial charge < -0.3 is 14.4 Å². The van der Waals surface area contributed by atoms with Gasteiger partial charge in [0.05, 0.1) is 6.04 Å². The van der Waals surface area contributed by atoms with E-state index in [2.05, 4.69) is 4.98 Å². The Morgan fingerprint density at radius 1 is 1.15 bits per heavy atom. The van der Waals surface area contributed by atoms with Crippen LogP contribution in [0.2, 0.25) is 0 Å². The molecule has 0 spiro atoms. The Hall–Kier alpha value is -3.09. The quantitative estimate of drug-likeness (QED) is 0.486. The Balaban J connectivity index is 1.89. The number of hydrogen-bond acceptors (Lipinski definition) is 5. The number of carbonyl (C=O) groups excluding carboxylic acids is 2. The summed E-state index contributed by atoms with van der Waals surface area (Å²) in [6.45, 7) is 10.4. The van der Waals surface area contributed by atoms with E-state index in [9.17, 15) is 9.59 Å². The van der Waals surface area contributed by atoms with Crippen molar-refractivity contribution in [3.05, 3.63) is 59.8 Å². The smallest absolute Gasteiger partial charge is 0.416 e. The van der Waals surface area contributed by atoms with Gasteiger partial charge in [0.2, 0.25) is 0 Å². The third-order valence-electron chi connectivity index (χ3n) is 5.97. The highest BCUT2D eigenvalue weighted by molar-refractivity contribution is 5.88. The lowest BCUT2D eigenvalue weighted by atomic mass is 9.95. The first kappa shape index (κ1) is 25.5. The van der Waals surface area contributed by atoms with Crippen LogP contribution in [0.25, 0.3) is 0 Å². The number of anilines is 1. The molecular formula is C27H37N3O4. The van der Waals surface area contributed by atoms with Crippen LogP contribution in [0.15, 0.2) is 48.7 Å². The minimum absolute atomic E-state index is 0.120. The molecule has 7 nitrogen and oxygen atoms in total. The average molecular weight is 468 g/mol. The molecule has 2 amide bonds. The van der Waals surface area contributed by atoms with Crippen LogP contribution >= 0.6 is 0 Å². The molecule has 1 aromatic carbocycles. The van der Waals surface area contributed by atoms with Gasteiger partial charge in [-0.3, -0.25) is 4.90 Å². The van der Waals surface area contributed by atoms with E-state index >= 15 is 0 Å². The average Bonchev–Trinajstić information content (AvgIpc) is 2.82. The van der Waals surface area contributed by atoms with Gasteiger partial charge >= 0.3 is 12.2 Å². The molecule has 0 radical (unpaired) electrons. The van der Waals surface area contributed by atoms with Crippen LogP contribution in [0.5, 0.6) is 0 Å². The number of benzene rings is 1. The predicted octanol–water partition coefficient (Wildman–Crippen LogP) is 6.49. The lowest BCUT2D eigenvalue weighted by Crippen LogP contribution is -2.44. The molecule has 1 saturated heterocycles. The Morgan fingerprint density at radius 3 is 2.56 bits per heavy atom. The number of hydrogen-bond donors (Lipinski definition) is 0. The molecule has 1 aliphatic heterocycles. The maximum atomic E-state index is 13.2. The number of carbonyl (C=O) groups is 2. The van der Waals surface area contributed by atoms with Crippen molar-refractivity contribution in [2.24, 2.45) is 0 Å². The van der Waals surface area contributed by atoms with Crippen LogP contribution < -0.4 is 4.90 Å². The SMILES string of the molecule is CC[C@@H](C)N(C(=O)OC(C)(C)C)c1ncccc1[C@@H]1CCCCN1C(=O)OCc1ccccc1. The molecule has 34 heavy (non-hydrogen) atoms. The van der Waals surface area contributed by atoms with Crippen molar-refractivity contribution >= 4 is 18.0 Å². The summed E-state index contributed by atoms with van der Waals surface area (Å²) in [5.74, 6) is 0.541. The van der Waals surface area contributed by atoms with Crippen molar-refractivity contribution in [1.82, 2.24) is 9.88 Å². The number of piperidine rings is 1. The summed E-state index contributed by atoms with van der Waals surface area (Å²) in [5.41, 5.74) is 1.15. The minimum atomic E-state index is -0.629. The maximum absolute atomic E-state index is 13.2. The normalized spacial score (nSPS) is 17.1. The topological polar surface area (TPSA) is 72.0 Å². The lowest BCUT2D eigenvalue weighted by Gasteiger charge is -2.38. The van der Waals surface area contributed by atoms with E-state index in [1.165, 1.54) is 0 Å². The summed E-state index contributed by atoms with van der Waals surface area (Å²) >= 11 is 0. The fourth-order valence-electron chi connectivity index (χ4n) is 4.12. The second kappa shape index (κ2) is 11.4. The first-order valence-corrected chi connectivity index (χ1v) is 12.2. The summed E-state index contributed by atoms with van der Waals surface area (Å²) in [7, 11) is 0. The highest BCUT2D eigenvalue weighted by atomic mass is 16.6. The van der Waals surface area contributed by atoms with Gasteiger partial charge in [-0.1, -0.05) is 43.3 Å². The number of pyridine rings is 1. The van der Waals surface area contributed by atoms with E-state index in [4.69, 9.17) is 9.47 Å². The fraction of sp³-hybridized carbons (Fsp3) is 0.519. The first-order valence-electron chi connectivity index (χ1n) is 12.2. The van der Waals surface area contributed by atoms with Crippen molar-refractivity contribution < 1.29 is 19.1 Å². The molecule has 0 saturated carbocycles. The summed E-state index contributed by atoms with van der Waals surface area (Å²) in [4.78, 5) is 34.4. The Kier molecular flexibility index (Phi) is 8.53. The van der Waals surface area contributed by atoms with E-state index in [0.717, 1.165) is 36.8 Å². The summed E-state index contributed by atoms with van der Waals surface area (Å²) < 4.78 is 11.4. The predicted molar refractivity (Wildman–Crippen MR) is 133 cm³/mol. The Morgan fingerprint density at radius 2 is 1.88 bits per heavy atom. The second-order valence-electron chi connectivity index (χ2n) is 9.77. The summed E-state index contributed by atoms with van der Waals surface area (Å²) in [6.07, 6.45) is 4.31.